The number of carbonyl (C=O) groups is 1. The second kappa shape index (κ2) is 4.43. The SMILES string of the molecule is C[C@H](NC(=O)C1CCC1)c1ccncc1. The van der Waals surface area contributed by atoms with Crippen LogP contribution < -0.4 is 5.32 Å². The maximum absolute atomic E-state index is 11.7. The monoisotopic (exact) mass is 204 g/mol. The van der Waals surface area contributed by atoms with Gasteiger partial charge in [-0.15, -0.1) is 0 Å². The molecule has 80 valence electrons. The maximum Gasteiger partial charge on any atom is 0.223 e. The van der Waals surface area contributed by atoms with Crippen molar-refractivity contribution in [3.8, 4) is 0 Å². The Morgan fingerprint density at radius 2 is 2.13 bits per heavy atom. The van der Waals surface area contributed by atoms with Gasteiger partial charge in [-0.1, -0.05) is 6.42 Å². The number of nitrogens with one attached hydrogen (secondary N) is 1. The molecule has 1 aliphatic rings. The number of pyridine rings is 1. The molecule has 1 aromatic rings. The molecule has 1 atom stereocenters. The van der Waals surface area contributed by atoms with Gasteiger partial charge < -0.3 is 5.32 Å². The van der Waals surface area contributed by atoms with Gasteiger partial charge >= 0.3 is 0 Å². The molecule has 1 fully saturated rings. The van der Waals surface area contributed by atoms with Crippen LogP contribution in [0.3, 0.4) is 0 Å². The van der Waals surface area contributed by atoms with E-state index in [0.717, 1.165) is 18.4 Å². The van der Waals surface area contributed by atoms with Crippen LogP contribution in [0.2, 0.25) is 0 Å². The quantitative estimate of drug-likeness (QED) is 0.818. The summed E-state index contributed by atoms with van der Waals surface area (Å²) < 4.78 is 0. The zero-order valence-electron chi connectivity index (χ0n) is 8.94. The highest BCUT2D eigenvalue weighted by Gasteiger charge is 2.26. The summed E-state index contributed by atoms with van der Waals surface area (Å²) in [5.74, 6) is 0.458. The topological polar surface area (TPSA) is 42.0 Å². The molecule has 3 nitrogen and oxygen atoms in total. The van der Waals surface area contributed by atoms with E-state index in [0.29, 0.717) is 0 Å². The van der Waals surface area contributed by atoms with Crippen molar-refractivity contribution in [1.82, 2.24) is 10.3 Å². The van der Waals surface area contributed by atoms with Crippen molar-refractivity contribution in [2.45, 2.75) is 32.2 Å². The second-order valence-corrected chi connectivity index (χ2v) is 4.14. The lowest BCUT2D eigenvalue weighted by atomic mass is 9.84. The molecule has 0 spiro atoms. The number of aromatic nitrogens is 1. The van der Waals surface area contributed by atoms with Crippen molar-refractivity contribution in [1.29, 1.82) is 0 Å². The second-order valence-electron chi connectivity index (χ2n) is 4.14. The van der Waals surface area contributed by atoms with Crippen LogP contribution in [0, 0.1) is 5.92 Å². The summed E-state index contributed by atoms with van der Waals surface area (Å²) in [4.78, 5) is 15.6. The predicted octanol–water partition coefficient (Wildman–Crippen LogP) is 2.06. The van der Waals surface area contributed by atoms with Gasteiger partial charge in [-0.25, -0.2) is 0 Å². The Morgan fingerprint density at radius 1 is 1.47 bits per heavy atom. The number of hydrogen-bond donors (Lipinski definition) is 1. The summed E-state index contributed by atoms with van der Waals surface area (Å²) in [6.07, 6.45) is 6.80. The highest BCUT2D eigenvalue weighted by atomic mass is 16.1. The average molecular weight is 204 g/mol. The number of amides is 1. The number of carbonyl (C=O) groups excluding carboxylic acids is 1. The van der Waals surface area contributed by atoms with Gasteiger partial charge in [0.05, 0.1) is 6.04 Å². The van der Waals surface area contributed by atoms with E-state index in [4.69, 9.17) is 0 Å². The summed E-state index contributed by atoms with van der Waals surface area (Å²) in [6.45, 7) is 2.01. The molecule has 0 radical (unpaired) electrons. The van der Waals surface area contributed by atoms with Gasteiger partial charge in [0.2, 0.25) is 5.91 Å². The zero-order chi connectivity index (χ0) is 10.7. The van der Waals surface area contributed by atoms with E-state index in [1.54, 1.807) is 12.4 Å². The van der Waals surface area contributed by atoms with Gasteiger partial charge in [0.1, 0.15) is 0 Å². The highest BCUT2D eigenvalue weighted by Crippen LogP contribution is 2.27. The third kappa shape index (κ3) is 2.35. The van der Waals surface area contributed by atoms with Crippen LogP contribution in [0.15, 0.2) is 24.5 Å². The Labute approximate surface area is 89.9 Å². The average Bonchev–Trinajstić information content (AvgIpc) is 2.16. The molecule has 1 heterocycles. The number of nitrogens with zero attached hydrogens (tertiary/aromatic N) is 1. The Kier molecular flexibility index (Phi) is 2.99. The molecular formula is C12H16N2O. The van der Waals surface area contributed by atoms with Crippen molar-refractivity contribution < 1.29 is 4.79 Å². The lowest BCUT2D eigenvalue weighted by Gasteiger charge is -2.26. The first-order chi connectivity index (χ1) is 7.27. The van der Waals surface area contributed by atoms with Crippen molar-refractivity contribution in [3.63, 3.8) is 0 Å². The largest absolute Gasteiger partial charge is 0.349 e. The first kappa shape index (κ1) is 10.1. The van der Waals surface area contributed by atoms with Gasteiger partial charge in [0.15, 0.2) is 0 Å². The Morgan fingerprint density at radius 3 is 2.67 bits per heavy atom. The lowest BCUT2D eigenvalue weighted by Crippen LogP contribution is -2.35. The molecule has 0 aliphatic heterocycles. The molecule has 0 bridgehead atoms. The first-order valence-electron chi connectivity index (χ1n) is 5.47. The minimum absolute atomic E-state index is 0.0844. The van der Waals surface area contributed by atoms with Crippen LogP contribution in [0.5, 0.6) is 0 Å². The van der Waals surface area contributed by atoms with E-state index >= 15 is 0 Å². The van der Waals surface area contributed by atoms with Crippen LogP contribution in [0.4, 0.5) is 0 Å². The lowest BCUT2D eigenvalue weighted by molar-refractivity contribution is -0.128. The van der Waals surface area contributed by atoms with Crippen LogP contribution >= 0.6 is 0 Å². The van der Waals surface area contributed by atoms with E-state index in [1.165, 1.54) is 6.42 Å². The standard InChI is InChI=1S/C12H16N2O/c1-9(10-5-7-13-8-6-10)14-12(15)11-3-2-4-11/h5-9,11H,2-4H2,1H3,(H,14,15)/t9-/m0/s1. The van der Waals surface area contributed by atoms with Gasteiger partial charge in [0, 0.05) is 18.3 Å². The van der Waals surface area contributed by atoms with E-state index in [2.05, 4.69) is 10.3 Å². The molecule has 15 heavy (non-hydrogen) atoms. The molecule has 0 aromatic carbocycles. The highest BCUT2D eigenvalue weighted by molar-refractivity contribution is 5.79. The molecule has 1 N–H and O–H groups in total. The zero-order valence-corrected chi connectivity index (χ0v) is 8.94. The molecule has 1 amide bonds. The molecule has 1 aromatic heterocycles. The normalized spacial score (nSPS) is 17.9. The molecule has 2 rings (SSSR count). The predicted molar refractivity (Wildman–Crippen MR) is 58.1 cm³/mol. The third-order valence-corrected chi connectivity index (χ3v) is 3.04. The van der Waals surface area contributed by atoms with E-state index in [-0.39, 0.29) is 17.9 Å². The Bertz CT molecular complexity index is 333. The van der Waals surface area contributed by atoms with Crippen molar-refractivity contribution in [2.75, 3.05) is 0 Å². The molecule has 1 saturated carbocycles. The van der Waals surface area contributed by atoms with Crippen LogP contribution in [-0.4, -0.2) is 10.9 Å². The molecule has 1 aliphatic carbocycles. The Balaban J connectivity index is 1.91. The van der Waals surface area contributed by atoms with Gasteiger partial charge in [-0.3, -0.25) is 9.78 Å². The minimum Gasteiger partial charge on any atom is -0.349 e. The smallest absolute Gasteiger partial charge is 0.223 e. The number of rotatable bonds is 3. The summed E-state index contributed by atoms with van der Waals surface area (Å²) in [6, 6.07) is 3.96. The van der Waals surface area contributed by atoms with Gasteiger partial charge in [0.25, 0.3) is 0 Å². The van der Waals surface area contributed by atoms with Crippen molar-refractivity contribution in [3.05, 3.63) is 30.1 Å². The summed E-state index contributed by atoms with van der Waals surface area (Å²) in [5, 5.41) is 3.03. The van der Waals surface area contributed by atoms with Crippen molar-refractivity contribution in [2.24, 2.45) is 5.92 Å². The van der Waals surface area contributed by atoms with E-state index < -0.39 is 0 Å². The minimum atomic E-state index is 0.0844. The fourth-order valence-corrected chi connectivity index (χ4v) is 1.74. The summed E-state index contributed by atoms with van der Waals surface area (Å²) in [5.41, 5.74) is 1.11. The molecule has 3 heteroatoms. The molecule has 0 saturated heterocycles. The van der Waals surface area contributed by atoms with E-state index in [1.807, 2.05) is 19.1 Å². The van der Waals surface area contributed by atoms with Crippen LogP contribution in [0.25, 0.3) is 0 Å². The van der Waals surface area contributed by atoms with Gasteiger partial charge in [-0.05, 0) is 37.5 Å². The fourth-order valence-electron chi connectivity index (χ4n) is 1.74. The number of hydrogen-bond acceptors (Lipinski definition) is 2. The van der Waals surface area contributed by atoms with Crippen LogP contribution in [-0.2, 0) is 4.79 Å². The van der Waals surface area contributed by atoms with Gasteiger partial charge in [-0.2, -0.15) is 0 Å². The molecular weight excluding hydrogens is 188 g/mol. The van der Waals surface area contributed by atoms with Crippen LogP contribution in [0.1, 0.15) is 37.8 Å². The van der Waals surface area contributed by atoms with E-state index in [9.17, 15) is 4.79 Å². The summed E-state index contributed by atoms with van der Waals surface area (Å²) in [7, 11) is 0. The first-order valence-corrected chi connectivity index (χ1v) is 5.47. The fraction of sp³-hybridized carbons (Fsp3) is 0.500. The third-order valence-electron chi connectivity index (χ3n) is 3.04. The molecule has 0 unspecified atom stereocenters. The summed E-state index contributed by atoms with van der Waals surface area (Å²) >= 11 is 0. The van der Waals surface area contributed by atoms with Crippen molar-refractivity contribution >= 4 is 5.91 Å². The maximum atomic E-state index is 11.7. The Hall–Kier alpha value is -1.38.